The zero-order valence-corrected chi connectivity index (χ0v) is 11.0. The van der Waals surface area contributed by atoms with Crippen LogP contribution in [0.5, 0.6) is 0 Å². The van der Waals surface area contributed by atoms with Crippen LogP contribution in [0.15, 0.2) is 0 Å². The Morgan fingerprint density at radius 3 is 0.667 bits per heavy atom. The lowest BCUT2D eigenvalue weighted by molar-refractivity contribution is -0.233. The van der Waals surface area contributed by atoms with Crippen LogP contribution in [0.2, 0.25) is 4.66 Å². The number of alkyl halides is 12. The lowest BCUT2D eigenvalue weighted by atomic mass is 9.90. The van der Waals surface area contributed by atoms with Crippen LogP contribution in [-0.4, -0.2) is 45.2 Å². The zero-order chi connectivity index (χ0) is 17.7. The van der Waals surface area contributed by atoms with E-state index in [1.54, 1.807) is 0 Å². The molecular formula is C7F12Si2. The van der Waals surface area contributed by atoms with Crippen LogP contribution in [-0.2, 0) is 0 Å². The molecule has 0 aromatic rings. The Morgan fingerprint density at radius 2 is 0.571 bits per heavy atom. The summed E-state index contributed by atoms with van der Waals surface area (Å²) in [6.45, 7) is 0. The summed E-state index contributed by atoms with van der Waals surface area (Å²) in [4.78, 5) is 0. The molecule has 8 radical (unpaired) electrons. The Bertz CT molecular complexity index is 296. The highest BCUT2D eigenvalue weighted by molar-refractivity contribution is 6.43. The standard InChI is InChI=1S/C7F12Si2/c8-4(9,10)1(5(11,12)13)3(20,21)2(6(14,15)16)7(17,18)19. The average molecular weight is 368 g/mol. The van der Waals surface area contributed by atoms with Gasteiger partial charge >= 0.3 is 24.7 Å². The van der Waals surface area contributed by atoms with E-state index in [1.807, 2.05) is 0 Å². The molecule has 0 aromatic carbocycles. The summed E-state index contributed by atoms with van der Waals surface area (Å²) < 4.78 is 143. The van der Waals surface area contributed by atoms with Crippen molar-refractivity contribution < 1.29 is 52.7 Å². The monoisotopic (exact) mass is 368 g/mol. The van der Waals surface area contributed by atoms with Gasteiger partial charge in [0.05, 0.1) is 0 Å². The Labute approximate surface area is 115 Å². The van der Waals surface area contributed by atoms with Crippen molar-refractivity contribution in [3.05, 3.63) is 11.8 Å². The molecule has 0 fully saturated rings. The number of rotatable bonds is 2. The predicted octanol–water partition coefficient (Wildman–Crippen LogP) is 3.84. The highest BCUT2D eigenvalue weighted by atomic mass is 28.2. The van der Waals surface area contributed by atoms with E-state index in [0.29, 0.717) is 0 Å². The molecule has 0 aliphatic heterocycles. The molecule has 0 aliphatic carbocycles. The van der Waals surface area contributed by atoms with Gasteiger partial charge in [0.15, 0.2) is 11.8 Å². The van der Waals surface area contributed by atoms with E-state index in [0.717, 1.165) is 0 Å². The summed E-state index contributed by atoms with van der Waals surface area (Å²) in [7, 11) is 2.56. The summed E-state index contributed by atoms with van der Waals surface area (Å²) >= 11 is 0. The minimum absolute atomic E-state index is 1.28. The zero-order valence-electron chi connectivity index (χ0n) is 9.04. The third-order valence-electron chi connectivity index (χ3n) is 1.88. The second-order valence-corrected chi connectivity index (χ2v) is 5.49. The van der Waals surface area contributed by atoms with Crippen LogP contribution in [0.4, 0.5) is 52.7 Å². The third-order valence-corrected chi connectivity index (χ3v) is 2.88. The molecule has 0 atom stereocenters. The fourth-order valence-corrected chi connectivity index (χ4v) is 2.43. The van der Waals surface area contributed by atoms with Gasteiger partial charge in [-0.2, -0.15) is 52.7 Å². The largest absolute Gasteiger partial charge is 0.404 e. The Balaban J connectivity index is 6.21. The summed E-state index contributed by atoms with van der Waals surface area (Å²) in [6.07, 6.45) is -26.1. The molecule has 0 heterocycles. The number of hydrogen-bond acceptors (Lipinski definition) is 0. The number of hydrogen-bond donors (Lipinski definition) is 0. The molecule has 120 valence electrons. The van der Waals surface area contributed by atoms with Crippen molar-refractivity contribution in [3.8, 4) is 0 Å². The molecule has 0 rings (SSSR count). The highest BCUT2D eigenvalue weighted by Gasteiger charge is 2.74. The first-order chi connectivity index (χ1) is 8.73. The van der Waals surface area contributed by atoms with Crippen molar-refractivity contribution in [2.24, 2.45) is 0 Å². The van der Waals surface area contributed by atoms with Crippen molar-refractivity contribution in [2.75, 3.05) is 0 Å². The first-order valence-corrected chi connectivity index (χ1v) is 5.27. The summed E-state index contributed by atoms with van der Waals surface area (Å²) in [5, 5.41) is 0. The first kappa shape index (κ1) is 20.6. The Morgan fingerprint density at radius 1 is 0.429 bits per heavy atom. The van der Waals surface area contributed by atoms with Crippen molar-refractivity contribution in [3.63, 3.8) is 0 Å². The van der Waals surface area contributed by atoms with E-state index < -0.39 is 41.2 Å². The Hall–Kier alpha value is -0.406. The second kappa shape index (κ2) is 5.35. The van der Waals surface area contributed by atoms with Gasteiger partial charge < -0.3 is 0 Å². The van der Waals surface area contributed by atoms with Crippen LogP contribution < -0.4 is 0 Å². The fourth-order valence-electron chi connectivity index (χ4n) is 1.30. The molecule has 0 saturated carbocycles. The van der Waals surface area contributed by atoms with E-state index in [1.165, 1.54) is 20.5 Å². The lowest BCUT2D eigenvalue weighted by Gasteiger charge is -2.41. The normalized spacial score (nSPS) is 16.0. The van der Waals surface area contributed by atoms with Crippen molar-refractivity contribution in [2.45, 2.75) is 29.4 Å². The molecule has 0 aromatic heterocycles. The molecule has 21 heavy (non-hydrogen) atoms. The summed E-state index contributed by atoms with van der Waals surface area (Å²) in [6, 6.07) is 0. The van der Waals surface area contributed by atoms with Crippen molar-refractivity contribution in [1.82, 2.24) is 0 Å². The summed E-state index contributed by atoms with van der Waals surface area (Å²) in [5.41, 5.74) is 0. The number of halogens is 12. The van der Waals surface area contributed by atoms with Gasteiger partial charge in [0.2, 0.25) is 0 Å². The molecular weight excluding hydrogens is 368 g/mol. The van der Waals surface area contributed by atoms with Crippen LogP contribution >= 0.6 is 0 Å². The maximum atomic E-state index is 12.3. The topological polar surface area (TPSA) is 0 Å². The minimum atomic E-state index is -6.52. The van der Waals surface area contributed by atoms with Crippen molar-refractivity contribution in [1.29, 1.82) is 0 Å². The average Bonchev–Trinajstić information content (AvgIpc) is 1.84. The maximum absolute atomic E-state index is 12.3. The fraction of sp³-hybridized carbons (Fsp3) is 0.714. The van der Waals surface area contributed by atoms with Crippen LogP contribution in [0, 0.1) is 11.8 Å². The van der Waals surface area contributed by atoms with E-state index >= 15 is 0 Å². The molecule has 0 aliphatic rings. The van der Waals surface area contributed by atoms with Gasteiger partial charge in [0, 0.05) is 20.5 Å². The molecule has 14 heteroatoms. The van der Waals surface area contributed by atoms with Crippen molar-refractivity contribution >= 4 is 20.5 Å². The molecule has 0 unspecified atom stereocenters. The quantitative estimate of drug-likeness (QED) is 0.513. The van der Waals surface area contributed by atoms with Gasteiger partial charge in [-0.15, -0.1) is 0 Å². The minimum Gasteiger partial charge on any atom is -0.170 e. The first-order valence-electron chi connectivity index (χ1n) is 4.27. The van der Waals surface area contributed by atoms with Gasteiger partial charge in [0.1, 0.15) is 0 Å². The maximum Gasteiger partial charge on any atom is 0.404 e. The van der Waals surface area contributed by atoms with Crippen LogP contribution in [0.1, 0.15) is 0 Å². The van der Waals surface area contributed by atoms with Crippen LogP contribution in [0.3, 0.4) is 0 Å². The van der Waals surface area contributed by atoms with Gasteiger partial charge in [-0.1, -0.05) is 0 Å². The molecule has 0 N–H and O–H groups in total. The van der Waals surface area contributed by atoms with E-state index in [2.05, 4.69) is 0 Å². The predicted molar refractivity (Wildman–Crippen MR) is 44.9 cm³/mol. The van der Waals surface area contributed by atoms with Gasteiger partial charge in [-0.05, 0) is 4.66 Å². The van der Waals surface area contributed by atoms with E-state index in [9.17, 15) is 52.7 Å². The summed E-state index contributed by atoms with van der Waals surface area (Å²) in [5.74, 6) is -7.92. The molecule has 0 amide bonds. The Kier molecular flexibility index (Phi) is 5.24. The van der Waals surface area contributed by atoms with Gasteiger partial charge in [0.25, 0.3) is 0 Å². The second-order valence-electron chi connectivity index (χ2n) is 3.49. The van der Waals surface area contributed by atoms with Crippen LogP contribution in [0.25, 0.3) is 0 Å². The van der Waals surface area contributed by atoms with Gasteiger partial charge in [-0.3, -0.25) is 0 Å². The van der Waals surface area contributed by atoms with E-state index in [-0.39, 0.29) is 0 Å². The SMILES string of the molecule is FC(F)(F)[C](C(F)(F)F)C([Si])([Si])[C](C(F)(F)F)C(F)(F)F. The third kappa shape index (κ3) is 4.79. The smallest absolute Gasteiger partial charge is 0.170 e. The van der Waals surface area contributed by atoms with Gasteiger partial charge in [-0.25, -0.2) is 0 Å². The lowest BCUT2D eigenvalue weighted by Crippen LogP contribution is -2.53. The molecule has 0 bridgehead atoms. The molecule has 0 nitrogen and oxygen atoms in total. The van der Waals surface area contributed by atoms with E-state index in [4.69, 9.17) is 0 Å². The molecule has 0 spiro atoms. The molecule has 0 saturated heterocycles. The highest BCUT2D eigenvalue weighted by Crippen LogP contribution is 2.63.